The van der Waals surface area contributed by atoms with Crippen LogP contribution in [0.25, 0.3) is 0 Å². The van der Waals surface area contributed by atoms with Crippen LogP contribution in [0.2, 0.25) is 10.0 Å². The van der Waals surface area contributed by atoms with Crippen molar-refractivity contribution in [1.82, 2.24) is 10.2 Å². The van der Waals surface area contributed by atoms with Crippen LogP contribution in [0.1, 0.15) is 38.8 Å². The second-order valence-electron chi connectivity index (χ2n) is 8.31. The predicted molar refractivity (Wildman–Crippen MR) is 138 cm³/mol. The number of carbonyl (C=O) groups excluding carboxylic acids is 2. The smallest absolute Gasteiger partial charge is 0.244 e. The van der Waals surface area contributed by atoms with E-state index in [0.717, 1.165) is 16.1 Å². The average molecular weight is 529 g/mol. The number of amides is 2. The first-order valence-electron chi connectivity index (χ1n) is 10.9. The third kappa shape index (κ3) is 7.10. The lowest BCUT2D eigenvalue weighted by molar-refractivity contribution is -0.139. The minimum atomic E-state index is -3.80. The Kier molecular flexibility index (Phi) is 9.79. The van der Waals surface area contributed by atoms with Crippen molar-refractivity contribution in [3.8, 4) is 0 Å². The Labute approximate surface area is 212 Å². The zero-order valence-electron chi connectivity index (χ0n) is 20.0. The molecule has 0 heterocycles. The van der Waals surface area contributed by atoms with Crippen molar-refractivity contribution in [1.29, 1.82) is 0 Å². The molecule has 0 aliphatic carbocycles. The van der Waals surface area contributed by atoms with Gasteiger partial charge in [-0.1, -0.05) is 54.4 Å². The van der Waals surface area contributed by atoms with Gasteiger partial charge >= 0.3 is 0 Å². The molecule has 2 aromatic carbocycles. The van der Waals surface area contributed by atoms with Crippen LogP contribution in [0, 0.1) is 0 Å². The highest BCUT2D eigenvalue weighted by atomic mass is 35.5. The Bertz CT molecular complexity index is 1120. The van der Waals surface area contributed by atoms with Crippen molar-refractivity contribution < 1.29 is 18.0 Å². The van der Waals surface area contributed by atoms with Gasteiger partial charge in [0, 0.05) is 28.2 Å². The van der Waals surface area contributed by atoms with Crippen molar-refractivity contribution in [2.75, 3.05) is 17.1 Å². The normalized spacial score (nSPS) is 12.4. The predicted octanol–water partition coefficient (Wildman–Crippen LogP) is 4.26. The zero-order valence-corrected chi connectivity index (χ0v) is 22.3. The summed E-state index contributed by atoms with van der Waals surface area (Å²) >= 11 is 12.7. The highest BCUT2D eigenvalue weighted by Crippen LogP contribution is 2.28. The van der Waals surface area contributed by atoms with Crippen LogP contribution in [0.5, 0.6) is 0 Å². The first-order chi connectivity index (χ1) is 15.9. The van der Waals surface area contributed by atoms with Gasteiger partial charge in [-0.2, -0.15) is 0 Å². The number of anilines is 1. The second-order valence-corrected chi connectivity index (χ2v) is 11.0. The van der Waals surface area contributed by atoms with Crippen LogP contribution in [-0.2, 0) is 32.6 Å². The van der Waals surface area contributed by atoms with E-state index in [1.165, 1.54) is 4.90 Å². The number of hydrogen-bond acceptors (Lipinski definition) is 4. The SMILES string of the molecule is CCc1ccccc1N(CC(=O)N(Cc1c(Cl)cccc1Cl)C(C)C(=O)NC(C)C)S(C)(=O)=O. The summed E-state index contributed by atoms with van der Waals surface area (Å²) < 4.78 is 26.5. The fourth-order valence-corrected chi connectivity index (χ4v) is 4.89. The molecular weight excluding hydrogens is 497 g/mol. The number of rotatable bonds is 10. The summed E-state index contributed by atoms with van der Waals surface area (Å²) in [4.78, 5) is 27.7. The summed E-state index contributed by atoms with van der Waals surface area (Å²) in [5, 5.41) is 3.49. The van der Waals surface area contributed by atoms with Gasteiger partial charge in [0.25, 0.3) is 0 Å². The molecule has 0 fully saturated rings. The molecule has 0 spiro atoms. The molecule has 0 radical (unpaired) electrons. The number of nitrogens with zero attached hydrogens (tertiary/aromatic N) is 2. The quantitative estimate of drug-likeness (QED) is 0.499. The first-order valence-corrected chi connectivity index (χ1v) is 13.6. The summed E-state index contributed by atoms with van der Waals surface area (Å²) in [5.74, 6) is -0.926. The van der Waals surface area contributed by atoms with E-state index in [-0.39, 0.29) is 18.5 Å². The molecule has 2 rings (SSSR count). The molecular formula is C24H31Cl2N3O4S. The van der Waals surface area contributed by atoms with E-state index in [1.807, 2.05) is 32.9 Å². The van der Waals surface area contributed by atoms with Crippen LogP contribution < -0.4 is 9.62 Å². The number of sulfonamides is 1. The van der Waals surface area contributed by atoms with Crippen LogP contribution in [0.3, 0.4) is 0 Å². The Morgan fingerprint density at radius 2 is 1.59 bits per heavy atom. The molecule has 2 aromatic rings. The van der Waals surface area contributed by atoms with Gasteiger partial charge in [-0.05, 0) is 51.0 Å². The molecule has 0 aliphatic heterocycles. The Balaban J connectivity index is 2.49. The van der Waals surface area contributed by atoms with E-state index in [4.69, 9.17) is 23.2 Å². The van der Waals surface area contributed by atoms with Crippen molar-refractivity contribution in [3.05, 3.63) is 63.6 Å². The third-order valence-corrected chi connectivity index (χ3v) is 7.14. The largest absolute Gasteiger partial charge is 0.352 e. The highest BCUT2D eigenvalue weighted by molar-refractivity contribution is 7.92. The van der Waals surface area contributed by atoms with E-state index in [2.05, 4.69) is 5.32 Å². The van der Waals surface area contributed by atoms with Gasteiger partial charge in [-0.3, -0.25) is 13.9 Å². The van der Waals surface area contributed by atoms with Crippen LogP contribution in [0.15, 0.2) is 42.5 Å². The van der Waals surface area contributed by atoms with Gasteiger partial charge in [0.1, 0.15) is 12.6 Å². The van der Waals surface area contributed by atoms with Crippen LogP contribution in [0.4, 0.5) is 5.69 Å². The molecule has 1 N–H and O–H groups in total. The maximum Gasteiger partial charge on any atom is 0.244 e. The average Bonchev–Trinajstić information content (AvgIpc) is 2.75. The topological polar surface area (TPSA) is 86.8 Å². The van der Waals surface area contributed by atoms with Crippen molar-refractivity contribution >= 4 is 50.7 Å². The van der Waals surface area contributed by atoms with E-state index in [9.17, 15) is 18.0 Å². The lowest BCUT2D eigenvalue weighted by Crippen LogP contribution is -2.52. The molecule has 10 heteroatoms. The van der Waals surface area contributed by atoms with Gasteiger partial charge < -0.3 is 10.2 Å². The third-order valence-electron chi connectivity index (χ3n) is 5.31. The highest BCUT2D eigenvalue weighted by Gasteiger charge is 2.31. The van der Waals surface area contributed by atoms with E-state index in [0.29, 0.717) is 27.7 Å². The van der Waals surface area contributed by atoms with E-state index >= 15 is 0 Å². The lowest BCUT2D eigenvalue weighted by atomic mass is 10.1. The maximum absolute atomic E-state index is 13.6. The number of nitrogens with one attached hydrogen (secondary N) is 1. The molecule has 0 aromatic heterocycles. The summed E-state index contributed by atoms with van der Waals surface area (Å²) in [6, 6.07) is 10.9. The number of carbonyl (C=O) groups is 2. The molecule has 0 saturated carbocycles. The standard InChI is InChI=1S/C24H31Cl2N3O4S/c1-6-18-10-7-8-13-22(18)29(34(5,32)33)15-23(30)28(17(4)24(31)27-16(2)3)14-19-20(25)11-9-12-21(19)26/h7-13,16-17H,6,14-15H2,1-5H3,(H,27,31). The van der Waals surface area contributed by atoms with Crippen LogP contribution in [-0.4, -0.2) is 50.0 Å². The molecule has 1 unspecified atom stereocenters. The van der Waals surface area contributed by atoms with Crippen molar-refractivity contribution in [3.63, 3.8) is 0 Å². The molecule has 1 atom stereocenters. The summed E-state index contributed by atoms with van der Waals surface area (Å²) in [5.41, 5.74) is 1.69. The summed E-state index contributed by atoms with van der Waals surface area (Å²) in [6.45, 7) is 6.59. The molecule has 0 bridgehead atoms. The van der Waals surface area contributed by atoms with Gasteiger partial charge in [-0.25, -0.2) is 8.42 Å². The number of hydrogen-bond donors (Lipinski definition) is 1. The molecule has 0 aliphatic rings. The lowest BCUT2D eigenvalue weighted by Gasteiger charge is -2.32. The Morgan fingerprint density at radius 3 is 2.12 bits per heavy atom. The maximum atomic E-state index is 13.6. The fraction of sp³-hybridized carbons (Fsp3) is 0.417. The van der Waals surface area contributed by atoms with Crippen molar-refractivity contribution in [2.24, 2.45) is 0 Å². The second kappa shape index (κ2) is 11.9. The van der Waals surface area contributed by atoms with Crippen molar-refractivity contribution in [2.45, 2.75) is 52.7 Å². The van der Waals surface area contributed by atoms with Gasteiger partial charge in [0.2, 0.25) is 21.8 Å². The first kappa shape index (κ1) is 28.0. The number of benzene rings is 2. The number of halogens is 2. The number of aryl methyl sites for hydroxylation is 1. The molecule has 34 heavy (non-hydrogen) atoms. The molecule has 2 amide bonds. The Hall–Kier alpha value is -2.29. The van der Waals surface area contributed by atoms with E-state index < -0.39 is 28.5 Å². The summed E-state index contributed by atoms with van der Waals surface area (Å²) in [7, 11) is -3.80. The minimum Gasteiger partial charge on any atom is -0.352 e. The molecule has 0 saturated heterocycles. The zero-order chi connectivity index (χ0) is 25.6. The van der Waals surface area contributed by atoms with Gasteiger partial charge in [0.15, 0.2) is 0 Å². The molecule has 7 nitrogen and oxygen atoms in total. The van der Waals surface area contributed by atoms with Crippen LogP contribution >= 0.6 is 23.2 Å². The van der Waals surface area contributed by atoms with Gasteiger partial charge in [-0.15, -0.1) is 0 Å². The minimum absolute atomic E-state index is 0.0585. The fourth-order valence-electron chi connectivity index (χ4n) is 3.49. The monoisotopic (exact) mass is 527 g/mol. The Morgan fingerprint density at radius 1 is 1.00 bits per heavy atom. The van der Waals surface area contributed by atoms with E-state index in [1.54, 1.807) is 37.3 Å². The summed E-state index contributed by atoms with van der Waals surface area (Å²) in [6.07, 6.45) is 1.64. The molecule has 186 valence electrons. The number of para-hydroxylation sites is 1. The van der Waals surface area contributed by atoms with Gasteiger partial charge in [0.05, 0.1) is 11.9 Å².